The molecule has 3 N–H and O–H groups in total. The summed E-state index contributed by atoms with van der Waals surface area (Å²) in [6.45, 7) is -3.66. The number of carbonyl (C=O) groups excluding carboxylic acids is 3. The number of rotatable bonds is 7. The molecule has 10 nitrogen and oxygen atoms in total. The van der Waals surface area contributed by atoms with Gasteiger partial charge in [-0.3, -0.25) is 29.0 Å². The molecule has 50 heavy (non-hydrogen) atoms. The zero-order chi connectivity index (χ0) is 35.7. The third-order valence-corrected chi connectivity index (χ3v) is 8.54. The predicted molar refractivity (Wildman–Crippen MR) is 165 cm³/mol. The van der Waals surface area contributed by atoms with Crippen LogP contribution in [0, 0.1) is 0 Å². The van der Waals surface area contributed by atoms with Gasteiger partial charge in [-0.25, -0.2) is 0 Å². The largest absolute Gasteiger partial charge is 0.480 e. The van der Waals surface area contributed by atoms with E-state index in [1.165, 1.54) is 59.5 Å². The van der Waals surface area contributed by atoms with E-state index in [1.807, 2.05) is 0 Å². The lowest BCUT2D eigenvalue weighted by Crippen LogP contribution is -2.47. The van der Waals surface area contributed by atoms with E-state index in [1.54, 1.807) is 24.3 Å². The first-order valence-corrected chi connectivity index (χ1v) is 14.8. The Bertz CT molecular complexity index is 2060. The molecule has 0 saturated carbocycles. The number of carboxylic acid groups (broad SMARTS) is 1. The van der Waals surface area contributed by atoms with Crippen molar-refractivity contribution in [2.24, 2.45) is 0 Å². The molecule has 1 spiro atoms. The number of fused-ring (bicyclic) bond motifs is 7. The van der Waals surface area contributed by atoms with E-state index < -0.39 is 61.2 Å². The molecule has 256 valence electrons. The maximum atomic E-state index is 14.5. The second-order valence-corrected chi connectivity index (χ2v) is 11.7. The lowest BCUT2D eigenvalue weighted by Gasteiger charge is -2.44. The van der Waals surface area contributed by atoms with Crippen LogP contribution in [0.1, 0.15) is 47.8 Å². The van der Waals surface area contributed by atoms with Crippen molar-refractivity contribution < 1.29 is 55.4 Å². The van der Waals surface area contributed by atoms with Gasteiger partial charge in [0.2, 0.25) is 0 Å². The summed E-state index contributed by atoms with van der Waals surface area (Å²) in [7, 11) is 0. The number of anilines is 3. The molecule has 0 bridgehead atoms. The molecule has 0 aliphatic carbocycles. The molecular weight excluding hydrogens is 674 g/mol. The molecule has 7 rings (SSSR count). The number of benzene rings is 4. The van der Waals surface area contributed by atoms with Crippen LogP contribution in [0.25, 0.3) is 0 Å². The van der Waals surface area contributed by atoms with E-state index in [2.05, 4.69) is 10.6 Å². The van der Waals surface area contributed by atoms with Gasteiger partial charge in [-0.05, 0) is 36.4 Å². The van der Waals surface area contributed by atoms with Crippen LogP contribution in [0.4, 0.5) is 43.4 Å². The molecule has 0 unspecified atom stereocenters. The quantitative estimate of drug-likeness (QED) is 0.150. The summed E-state index contributed by atoms with van der Waals surface area (Å²) in [6.07, 6.45) is -9.13. The molecule has 0 fully saturated rings. The molecule has 0 atom stereocenters. The van der Waals surface area contributed by atoms with Gasteiger partial charge in [0.05, 0.1) is 11.1 Å². The van der Waals surface area contributed by atoms with Crippen molar-refractivity contribution in [1.29, 1.82) is 0 Å². The summed E-state index contributed by atoms with van der Waals surface area (Å²) < 4.78 is 84.7. The molecule has 3 aliphatic heterocycles. The number of carboxylic acids is 1. The highest BCUT2D eigenvalue weighted by molar-refractivity contribution is 6.23. The van der Waals surface area contributed by atoms with Crippen LogP contribution in [0.3, 0.4) is 0 Å². The number of imide groups is 1. The second-order valence-electron chi connectivity index (χ2n) is 11.7. The Labute approximate surface area is 277 Å². The fraction of sp³-hybridized carbons (Fsp3) is 0.176. The Morgan fingerprint density at radius 3 is 1.80 bits per heavy atom. The molecule has 0 aromatic heterocycles. The van der Waals surface area contributed by atoms with E-state index in [0.717, 1.165) is 0 Å². The number of halogens is 6. The minimum atomic E-state index is -4.57. The molecular formula is C34H22F6N4O6. The summed E-state index contributed by atoms with van der Waals surface area (Å²) in [5, 5.41) is 13.8. The van der Waals surface area contributed by atoms with E-state index in [-0.39, 0.29) is 56.4 Å². The molecule has 0 radical (unpaired) electrons. The Kier molecular flexibility index (Phi) is 7.31. The van der Waals surface area contributed by atoms with Gasteiger partial charge in [-0.2, -0.15) is 26.3 Å². The molecule has 3 aliphatic rings. The molecule has 4 aromatic rings. The van der Waals surface area contributed by atoms with Crippen LogP contribution in [-0.2, 0) is 10.3 Å². The van der Waals surface area contributed by atoms with Crippen molar-refractivity contribution in [3.8, 4) is 11.5 Å². The number of hydrogen-bond donors (Lipinski definition) is 3. The summed E-state index contributed by atoms with van der Waals surface area (Å²) in [4.78, 5) is 53.9. The first kappa shape index (κ1) is 32.5. The second kappa shape index (κ2) is 11.2. The van der Waals surface area contributed by atoms with Crippen LogP contribution in [0.15, 0.2) is 78.9 Å². The first-order valence-electron chi connectivity index (χ1n) is 14.8. The fourth-order valence-corrected chi connectivity index (χ4v) is 6.62. The van der Waals surface area contributed by atoms with Crippen LogP contribution in [-0.4, -0.2) is 65.7 Å². The van der Waals surface area contributed by atoms with Gasteiger partial charge in [0.1, 0.15) is 36.7 Å². The van der Waals surface area contributed by atoms with Crippen molar-refractivity contribution in [3.63, 3.8) is 0 Å². The van der Waals surface area contributed by atoms with Gasteiger partial charge in [0, 0.05) is 51.4 Å². The van der Waals surface area contributed by atoms with Crippen LogP contribution in [0.2, 0.25) is 0 Å². The lowest BCUT2D eigenvalue weighted by atomic mass is 9.74. The Balaban J connectivity index is 1.45. The monoisotopic (exact) mass is 696 g/mol. The molecule has 0 saturated heterocycles. The van der Waals surface area contributed by atoms with Crippen LogP contribution in [0.5, 0.6) is 11.5 Å². The number of ether oxygens (including phenoxy) is 1. The molecule has 4 aromatic carbocycles. The zero-order valence-corrected chi connectivity index (χ0v) is 25.3. The number of hydrogen-bond acceptors (Lipinski definition) is 7. The van der Waals surface area contributed by atoms with Gasteiger partial charge in [0.25, 0.3) is 17.7 Å². The van der Waals surface area contributed by atoms with E-state index in [0.29, 0.717) is 10.5 Å². The minimum absolute atomic E-state index is 0.00431. The Morgan fingerprint density at radius 1 is 0.680 bits per heavy atom. The van der Waals surface area contributed by atoms with E-state index >= 15 is 0 Å². The first-order chi connectivity index (χ1) is 23.6. The smallest absolute Gasteiger partial charge is 0.405 e. The summed E-state index contributed by atoms with van der Waals surface area (Å²) >= 11 is 0. The summed E-state index contributed by atoms with van der Waals surface area (Å²) in [6, 6.07) is 18.6. The van der Waals surface area contributed by atoms with E-state index in [9.17, 15) is 50.6 Å². The summed E-state index contributed by atoms with van der Waals surface area (Å²) in [5.74, 6) is -3.80. The normalized spacial score (nSPS) is 15.8. The van der Waals surface area contributed by atoms with Gasteiger partial charge in [-0.15, -0.1) is 0 Å². The number of nitrogens with one attached hydrogen (secondary N) is 2. The standard InChI is InChI=1S/C34H22F6N4O6/c35-32(36,37)15-41-17-5-9-24-26(11-17)50-27-12-18(42-16-33(38,39)40)6-10-25(27)34(24)23-4-2-1-3-21(23)31(49)44(34)19-7-8-20-22(13-19)30(48)43(29(20)47)14-28(45)46/h1-13,41-42H,14-16H2,(H,45,46). The molecule has 16 heteroatoms. The van der Waals surface area contributed by atoms with Crippen molar-refractivity contribution in [2.45, 2.75) is 17.9 Å². The maximum absolute atomic E-state index is 14.5. The fourth-order valence-electron chi connectivity index (χ4n) is 6.62. The van der Waals surface area contributed by atoms with Gasteiger partial charge in [-0.1, -0.05) is 30.3 Å². The average Bonchev–Trinajstić information content (AvgIpc) is 3.44. The highest BCUT2D eigenvalue weighted by Gasteiger charge is 2.57. The van der Waals surface area contributed by atoms with Crippen molar-refractivity contribution in [3.05, 3.63) is 112 Å². The number of amides is 3. The minimum Gasteiger partial charge on any atom is -0.480 e. The van der Waals surface area contributed by atoms with Gasteiger partial charge in [0.15, 0.2) is 0 Å². The number of alkyl halides is 6. The topological polar surface area (TPSA) is 128 Å². The zero-order valence-electron chi connectivity index (χ0n) is 25.3. The number of carbonyl (C=O) groups is 4. The van der Waals surface area contributed by atoms with Crippen molar-refractivity contribution in [1.82, 2.24) is 4.90 Å². The van der Waals surface area contributed by atoms with Crippen LogP contribution >= 0.6 is 0 Å². The average molecular weight is 697 g/mol. The van der Waals surface area contributed by atoms with Gasteiger partial charge < -0.3 is 20.5 Å². The summed E-state index contributed by atoms with van der Waals surface area (Å²) in [5.41, 5.74) is -0.725. The van der Waals surface area contributed by atoms with E-state index in [4.69, 9.17) is 4.74 Å². The SMILES string of the molecule is O=C(O)CN1C(=O)c2ccc(N3C(=O)c4ccccc4C34c3ccc(NCC(F)(F)F)cc3Oc3cc(NCC(F)(F)F)ccc34)cc2C1=O. The Morgan fingerprint density at radius 2 is 1.24 bits per heavy atom. The third-order valence-electron chi connectivity index (χ3n) is 8.54. The van der Waals surface area contributed by atoms with Crippen molar-refractivity contribution >= 4 is 40.8 Å². The lowest BCUT2D eigenvalue weighted by molar-refractivity contribution is -0.137. The number of nitrogens with zero attached hydrogens (tertiary/aromatic N) is 2. The maximum Gasteiger partial charge on any atom is 0.405 e. The predicted octanol–water partition coefficient (Wildman–Crippen LogP) is 6.37. The van der Waals surface area contributed by atoms with Crippen molar-refractivity contribution in [2.75, 3.05) is 35.2 Å². The highest BCUT2D eigenvalue weighted by atomic mass is 19.4. The molecule has 3 amide bonds. The van der Waals surface area contributed by atoms with Crippen LogP contribution < -0.4 is 20.3 Å². The van der Waals surface area contributed by atoms with Gasteiger partial charge >= 0.3 is 18.3 Å². The highest BCUT2D eigenvalue weighted by Crippen LogP contribution is 2.59. The number of aliphatic carboxylic acids is 1. The Hall–Kier alpha value is -6.06. The third kappa shape index (κ3) is 5.23. The molecule has 3 heterocycles.